The zero-order valence-electron chi connectivity index (χ0n) is 14.1. The maximum Gasteiger partial charge on any atom is 0.305 e. The van der Waals surface area contributed by atoms with E-state index in [9.17, 15) is 14.4 Å². The molecule has 1 saturated heterocycles. The van der Waals surface area contributed by atoms with Crippen LogP contribution in [0.5, 0.6) is 0 Å². The molecule has 1 N–H and O–H groups in total. The molecule has 130 valence electrons. The van der Waals surface area contributed by atoms with Crippen LogP contribution in [0.4, 0.5) is 0 Å². The molecule has 1 aromatic carbocycles. The largest absolute Gasteiger partial charge is 0.481 e. The van der Waals surface area contributed by atoms with Crippen molar-refractivity contribution in [1.82, 2.24) is 9.80 Å². The summed E-state index contributed by atoms with van der Waals surface area (Å²) in [5.74, 6) is -1.48. The average Bonchev–Trinajstić information content (AvgIpc) is 2.88. The third kappa shape index (κ3) is 4.57. The highest BCUT2D eigenvalue weighted by Crippen LogP contribution is 2.23. The lowest BCUT2D eigenvalue weighted by Crippen LogP contribution is -2.42. The number of hydrogen-bond donors (Lipinski definition) is 1. The van der Waals surface area contributed by atoms with E-state index in [0.717, 1.165) is 5.56 Å². The van der Waals surface area contributed by atoms with Gasteiger partial charge in [0.2, 0.25) is 11.8 Å². The summed E-state index contributed by atoms with van der Waals surface area (Å²) in [6.45, 7) is 4.79. The SMILES string of the molecule is CC(C)N(CCC(=O)O)C(=O)C1CC(=O)N(Cc2ccccc2)C1. The van der Waals surface area contributed by atoms with Crippen molar-refractivity contribution in [2.45, 2.75) is 39.3 Å². The van der Waals surface area contributed by atoms with Crippen LogP contribution >= 0.6 is 0 Å². The molecule has 0 spiro atoms. The average molecular weight is 332 g/mol. The summed E-state index contributed by atoms with van der Waals surface area (Å²) in [4.78, 5) is 39.0. The Morgan fingerprint density at radius 1 is 1.29 bits per heavy atom. The number of likely N-dealkylation sites (tertiary alicyclic amines) is 1. The number of carboxylic acid groups (broad SMARTS) is 1. The Hall–Kier alpha value is -2.37. The Balaban J connectivity index is 2.00. The molecule has 0 aromatic heterocycles. The van der Waals surface area contributed by atoms with Gasteiger partial charge in [-0.2, -0.15) is 0 Å². The molecular weight excluding hydrogens is 308 g/mol. The lowest BCUT2D eigenvalue weighted by Gasteiger charge is -2.28. The standard InChI is InChI=1S/C18H24N2O4/c1-13(2)20(9-8-17(22)23)18(24)15-10-16(21)19(12-15)11-14-6-4-3-5-7-14/h3-7,13,15H,8-12H2,1-2H3,(H,22,23). The predicted octanol–water partition coefficient (Wildman–Crippen LogP) is 1.75. The van der Waals surface area contributed by atoms with Crippen molar-refractivity contribution in [3.8, 4) is 0 Å². The molecule has 6 nitrogen and oxygen atoms in total. The highest BCUT2D eigenvalue weighted by atomic mass is 16.4. The monoisotopic (exact) mass is 332 g/mol. The quantitative estimate of drug-likeness (QED) is 0.825. The van der Waals surface area contributed by atoms with Crippen molar-refractivity contribution < 1.29 is 19.5 Å². The van der Waals surface area contributed by atoms with Gasteiger partial charge in [0.15, 0.2) is 0 Å². The first-order chi connectivity index (χ1) is 11.4. The summed E-state index contributed by atoms with van der Waals surface area (Å²) >= 11 is 0. The summed E-state index contributed by atoms with van der Waals surface area (Å²) < 4.78 is 0. The van der Waals surface area contributed by atoms with Crippen LogP contribution in [0.3, 0.4) is 0 Å². The van der Waals surface area contributed by atoms with Crippen LogP contribution in [-0.4, -0.2) is 51.8 Å². The van der Waals surface area contributed by atoms with Gasteiger partial charge >= 0.3 is 5.97 Å². The number of rotatable bonds is 7. The summed E-state index contributed by atoms with van der Waals surface area (Å²) in [6, 6.07) is 9.58. The first kappa shape index (κ1) is 18.0. The van der Waals surface area contributed by atoms with Crippen LogP contribution in [-0.2, 0) is 20.9 Å². The van der Waals surface area contributed by atoms with Gasteiger partial charge in [0.05, 0.1) is 12.3 Å². The van der Waals surface area contributed by atoms with E-state index in [1.807, 2.05) is 44.2 Å². The maximum absolute atomic E-state index is 12.7. The van der Waals surface area contributed by atoms with Crippen molar-refractivity contribution >= 4 is 17.8 Å². The van der Waals surface area contributed by atoms with E-state index in [-0.39, 0.29) is 37.2 Å². The fourth-order valence-corrected chi connectivity index (χ4v) is 2.97. The van der Waals surface area contributed by atoms with Gasteiger partial charge in [-0.05, 0) is 19.4 Å². The van der Waals surface area contributed by atoms with E-state index in [2.05, 4.69) is 0 Å². The Morgan fingerprint density at radius 3 is 2.54 bits per heavy atom. The van der Waals surface area contributed by atoms with Gasteiger partial charge in [0.25, 0.3) is 0 Å². The van der Waals surface area contributed by atoms with Crippen LogP contribution in [0.2, 0.25) is 0 Å². The van der Waals surface area contributed by atoms with Crippen LogP contribution in [0.1, 0.15) is 32.3 Å². The molecular formula is C18H24N2O4. The molecule has 1 unspecified atom stereocenters. The summed E-state index contributed by atoms with van der Waals surface area (Å²) in [7, 11) is 0. The van der Waals surface area contributed by atoms with E-state index in [1.54, 1.807) is 9.80 Å². The number of hydrogen-bond acceptors (Lipinski definition) is 3. The number of aliphatic carboxylic acids is 1. The van der Waals surface area contributed by atoms with Crippen molar-refractivity contribution in [2.75, 3.05) is 13.1 Å². The summed E-state index contributed by atoms with van der Waals surface area (Å²) in [5, 5.41) is 8.84. The third-order valence-corrected chi connectivity index (χ3v) is 4.25. The Kier molecular flexibility index (Phi) is 5.95. The number of carboxylic acids is 1. The van der Waals surface area contributed by atoms with Crippen molar-refractivity contribution in [3.05, 3.63) is 35.9 Å². The number of carbonyl (C=O) groups is 3. The molecule has 0 bridgehead atoms. The molecule has 0 saturated carbocycles. The molecule has 1 atom stereocenters. The van der Waals surface area contributed by atoms with E-state index < -0.39 is 11.9 Å². The van der Waals surface area contributed by atoms with Crippen LogP contribution in [0, 0.1) is 5.92 Å². The fourth-order valence-electron chi connectivity index (χ4n) is 2.97. The first-order valence-corrected chi connectivity index (χ1v) is 8.22. The predicted molar refractivity (Wildman–Crippen MR) is 89.1 cm³/mol. The smallest absolute Gasteiger partial charge is 0.305 e. The molecule has 1 fully saturated rings. The lowest BCUT2D eigenvalue weighted by molar-refractivity contribution is -0.141. The normalized spacial score (nSPS) is 17.4. The topological polar surface area (TPSA) is 77.9 Å². The summed E-state index contributed by atoms with van der Waals surface area (Å²) in [5.41, 5.74) is 1.03. The maximum atomic E-state index is 12.7. The molecule has 1 aliphatic heterocycles. The van der Waals surface area contributed by atoms with Crippen LogP contribution < -0.4 is 0 Å². The minimum absolute atomic E-state index is 0.0286. The van der Waals surface area contributed by atoms with Gasteiger partial charge in [-0.25, -0.2) is 0 Å². The molecule has 24 heavy (non-hydrogen) atoms. The second kappa shape index (κ2) is 7.95. The van der Waals surface area contributed by atoms with Gasteiger partial charge in [-0.3, -0.25) is 14.4 Å². The minimum atomic E-state index is -0.929. The number of nitrogens with zero attached hydrogens (tertiary/aromatic N) is 2. The number of carbonyl (C=O) groups excluding carboxylic acids is 2. The van der Waals surface area contributed by atoms with Gasteiger partial charge in [0.1, 0.15) is 0 Å². The van der Waals surface area contributed by atoms with Gasteiger partial charge in [0, 0.05) is 32.1 Å². The zero-order chi connectivity index (χ0) is 17.7. The molecule has 6 heteroatoms. The van der Waals surface area contributed by atoms with E-state index in [0.29, 0.717) is 13.1 Å². The molecule has 2 rings (SSSR count). The molecule has 0 aliphatic carbocycles. The Bertz CT molecular complexity index is 600. The number of amides is 2. The Labute approximate surface area is 142 Å². The van der Waals surface area contributed by atoms with E-state index >= 15 is 0 Å². The van der Waals surface area contributed by atoms with Gasteiger partial charge in [-0.15, -0.1) is 0 Å². The molecule has 1 heterocycles. The third-order valence-electron chi connectivity index (χ3n) is 4.25. The van der Waals surface area contributed by atoms with E-state index in [1.165, 1.54) is 0 Å². The molecule has 0 radical (unpaired) electrons. The molecule has 1 aliphatic rings. The van der Waals surface area contributed by atoms with Crippen molar-refractivity contribution in [2.24, 2.45) is 5.92 Å². The first-order valence-electron chi connectivity index (χ1n) is 8.22. The highest BCUT2D eigenvalue weighted by Gasteiger charge is 2.37. The van der Waals surface area contributed by atoms with Crippen LogP contribution in [0.25, 0.3) is 0 Å². The van der Waals surface area contributed by atoms with Gasteiger partial charge in [-0.1, -0.05) is 30.3 Å². The van der Waals surface area contributed by atoms with Crippen LogP contribution in [0.15, 0.2) is 30.3 Å². The van der Waals surface area contributed by atoms with Crippen molar-refractivity contribution in [1.29, 1.82) is 0 Å². The summed E-state index contributed by atoms with van der Waals surface area (Å²) in [6.07, 6.45) is 0.111. The minimum Gasteiger partial charge on any atom is -0.481 e. The Morgan fingerprint density at radius 2 is 1.96 bits per heavy atom. The second-order valence-electron chi connectivity index (χ2n) is 6.43. The fraction of sp³-hybridized carbons (Fsp3) is 0.500. The highest BCUT2D eigenvalue weighted by molar-refractivity contribution is 5.89. The molecule has 2 amide bonds. The lowest BCUT2D eigenvalue weighted by atomic mass is 10.1. The number of benzene rings is 1. The zero-order valence-corrected chi connectivity index (χ0v) is 14.1. The second-order valence-corrected chi connectivity index (χ2v) is 6.43. The van der Waals surface area contributed by atoms with E-state index in [4.69, 9.17) is 5.11 Å². The molecule has 1 aromatic rings. The van der Waals surface area contributed by atoms with Gasteiger partial charge < -0.3 is 14.9 Å². The van der Waals surface area contributed by atoms with Crippen molar-refractivity contribution in [3.63, 3.8) is 0 Å².